The van der Waals surface area contributed by atoms with Crippen LogP contribution in [-0.4, -0.2) is 51.8 Å². The van der Waals surface area contributed by atoms with Crippen molar-refractivity contribution in [1.82, 2.24) is 10.2 Å². The Morgan fingerprint density at radius 2 is 1.66 bits per heavy atom. The van der Waals surface area contributed by atoms with E-state index in [1.807, 2.05) is 42.5 Å². The topological polar surface area (TPSA) is 69.3 Å². The zero-order chi connectivity index (χ0) is 29.4. The van der Waals surface area contributed by atoms with Crippen LogP contribution in [0.3, 0.4) is 0 Å². The smallest absolute Gasteiger partial charge is 0.416 e. The van der Waals surface area contributed by atoms with Crippen LogP contribution in [0, 0.1) is 11.8 Å². The van der Waals surface area contributed by atoms with Gasteiger partial charge in [-0.3, -0.25) is 9.69 Å². The van der Waals surface area contributed by atoms with E-state index in [4.69, 9.17) is 18.9 Å². The number of nitrogens with one attached hydrogen (secondary N) is 1. The van der Waals surface area contributed by atoms with Crippen LogP contribution in [-0.2, 0) is 24.1 Å². The van der Waals surface area contributed by atoms with E-state index in [0.717, 1.165) is 23.3 Å². The number of methoxy groups -OCH3 is 3. The van der Waals surface area contributed by atoms with Crippen LogP contribution in [0.2, 0.25) is 0 Å². The number of piperidine rings is 1. The molecule has 0 spiro atoms. The number of alkyl halides is 3. The Morgan fingerprint density at radius 3 is 2.39 bits per heavy atom. The lowest BCUT2D eigenvalue weighted by molar-refractivity contribution is -0.137. The second kappa shape index (κ2) is 13.6. The third kappa shape index (κ3) is 8.07. The summed E-state index contributed by atoms with van der Waals surface area (Å²) in [6.07, 6.45) is -3.91. The lowest BCUT2D eigenvalue weighted by Gasteiger charge is -2.37. The fourth-order valence-electron chi connectivity index (χ4n) is 5.13. The minimum Gasteiger partial charge on any atom is -0.496 e. The standard InChI is InChI=1S/C31H35F3N2O5/c1-38-27-10-5-4-7-23(27)16-35-30(37)24-13-22(20-41-26-9-6-8-25(15-26)31(32,33)34)18-36(19-24)17-21-11-12-28(39-2)29(14-21)40-3/h4-12,14-15,22,24H,13,16-20H2,1-3H3,(H,35,37)/t22-,24+/m0/s1. The number of rotatable bonds is 11. The SMILES string of the molecule is COc1ccccc1CNC(=O)[C@@H]1C[C@H](COc2cccc(C(F)(F)F)c2)CN(Cc2ccc(OC)c(OC)c2)C1. The number of nitrogens with zero attached hydrogens (tertiary/aromatic N) is 1. The molecule has 1 aliphatic rings. The number of carbonyl (C=O) groups excluding carboxylic acids is 1. The van der Waals surface area contributed by atoms with Gasteiger partial charge in [0.2, 0.25) is 5.91 Å². The number of carbonyl (C=O) groups is 1. The highest BCUT2D eigenvalue weighted by molar-refractivity contribution is 5.79. The summed E-state index contributed by atoms with van der Waals surface area (Å²) in [7, 11) is 4.74. The molecule has 3 aromatic carbocycles. The van der Waals surface area contributed by atoms with E-state index >= 15 is 0 Å². The average molecular weight is 573 g/mol. The van der Waals surface area contributed by atoms with Crippen LogP contribution in [0.1, 0.15) is 23.1 Å². The summed E-state index contributed by atoms with van der Waals surface area (Å²) in [6.45, 7) is 2.19. The first-order valence-electron chi connectivity index (χ1n) is 13.3. The van der Waals surface area contributed by atoms with Gasteiger partial charge in [0, 0.05) is 37.7 Å². The van der Waals surface area contributed by atoms with Crippen LogP contribution in [0.5, 0.6) is 23.0 Å². The third-order valence-electron chi connectivity index (χ3n) is 7.13. The molecule has 3 aromatic rings. The van der Waals surface area contributed by atoms with Gasteiger partial charge in [0.05, 0.1) is 39.4 Å². The van der Waals surface area contributed by atoms with E-state index in [0.29, 0.717) is 49.8 Å². The molecule has 0 radical (unpaired) electrons. The molecule has 0 aliphatic carbocycles. The second-order valence-electron chi connectivity index (χ2n) is 10.0. The number of amides is 1. The zero-order valence-corrected chi connectivity index (χ0v) is 23.4. The van der Waals surface area contributed by atoms with Gasteiger partial charge in [0.1, 0.15) is 11.5 Å². The molecule has 1 saturated heterocycles. The van der Waals surface area contributed by atoms with Gasteiger partial charge in [-0.1, -0.05) is 30.3 Å². The fraction of sp³-hybridized carbons (Fsp3) is 0.387. The first-order valence-corrected chi connectivity index (χ1v) is 13.3. The summed E-state index contributed by atoms with van der Waals surface area (Å²) >= 11 is 0. The molecule has 41 heavy (non-hydrogen) atoms. The molecule has 0 aromatic heterocycles. The lowest BCUT2D eigenvalue weighted by atomic mass is 9.88. The average Bonchev–Trinajstić information content (AvgIpc) is 2.98. The summed E-state index contributed by atoms with van der Waals surface area (Å²) < 4.78 is 61.5. The summed E-state index contributed by atoms with van der Waals surface area (Å²) in [5, 5.41) is 3.03. The predicted octanol–water partition coefficient (Wildman–Crippen LogP) is 5.56. The highest BCUT2D eigenvalue weighted by atomic mass is 19.4. The van der Waals surface area contributed by atoms with Crippen molar-refractivity contribution >= 4 is 5.91 Å². The molecule has 1 aliphatic heterocycles. The first kappa shape index (κ1) is 30.0. The fourth-order valence-corrected chi connectivity index (χ4v) is 5.13. The van der Waals surface area contributed by atoms with Gasteiger partial charge in [-0.25, -0.2) is 0 Å². The van der Waals surface area contributed by atoms with Gasteiger partial charge in [0.15, 0.2) is 11.5 Å². The van der Waals surface area contributed by atoms with Crippen molar-refractivity contribution in [1.29, 1.82) is 0 Å². The Hall–Kier alpha value is -3.92. The number of hydrogen-bond acceptors (Lipinski definition) is 6. The van der Waals surface area contributed by atoms with Crippen molar-refractivity contribution in [3.63, 3.8) is 0 Å². The monoisotopic (exact) mass is 572 g/mol. The van der Waals surface area contributed by atoms with Crippen molar-refractivity contribution in [2.45, 2.75) is 25.7 Å². The van der Waals surface area contributed by atoms with E-state index in [9.17, 15) is 18.0 Å². The Labute approximate surface area is 238 Å². The summed E-state index contributed by atoms with van der Waals surface area (Å²) in [5.41, 5.74) is 1.09. The van der Waals surface area contributed by atoms with Crippen LogP contribution in [0.4, 0.5) is 13.2 Å². The molecule has 0 bridgehead atoms. The van der Waals surface area contributed by atoms with Crippen LogP contribution >= 0.6 is 0 Å². The normalized spacial score (nSPS) is 17.5. The van der Waals surface area contributed by atoms with E-state index in [1.54, 1.807) is 21.3 Å². The molecular weight excluding hydrogens is 537 g/mol. The molecule has 1 heterocycles. The Bertz CT molecular complexity index is 1320. The zero-order valence-electron chi connectivity index (χ0n) is 23.4. The van der Waals surface area contributed by atoms with Crippen molar-refractivity contribution in [3.05, 3.63) is 83.4 Å². The minimum absolute atomic E-state index is 0.0829. The van der Waals surface area contributed by atoms with Gasteiger partial charge >= 0.3 is 6.18 Å². The van der Waals surface area contributed by atoms with Gasteiger partial charge in [-0.2, -0.15) is 13.2 Å². The third-order valence-corrected chi connectivity index (χ3v) is 7.13. The minimum atomic E-state index is -4.45. The van der Waals surface area contributed by atoms with E-state index < -0.39 is 11.7 Å². The van der Waals surface area contributed by atoms with Crippen LogP contribution < -0.4 is 24.3 Å². The summed E-state index contributed by atoms with van der Waals surface area (Å²) in [4.78, 5) is 15.5. The maximum absolute atomic E-state index is 13.3. The first-order chi connectivity index (χ1) is 19.7. The predicted molar refractivity (Wildman–Crippen MR) is 148 cm³/mol. The largest absolute Gasteiger partial charge is 0.496 e. The molecule has 0 saturated carbocycles. The summed E-state index contributed by atoms with van der Waals surface area (Å²) in [5.74, 6) is 1.55. The van der Waals surface area contributed by atoms with Crippen molar-refractivity contribution in [2.24, 2.45) is 11.8 Å². The molecule has 1 amide bonds. The Kier molecular flexibility index (Phi) is 9.99. The summed E-state index contributed by atoms with van der Waals surface area (Å²) in [6, 6.07) is 18.0. The van der Waals surface area contributed by atoms with Crippen molar-refractivity contribution in [2.75, 3.05) is 41.0 Å². The quantitative estimate of drug-likeness (QED) is 0.324. The van der Waals surface area contributed by atoms with Crippen LogP contribution in [0.25, 0.3) is 0 Å². The van der Waals surface area contributed by atoms with E-state index in [2.05, 4.69) is 10.2 Å². The molecule has 1 fully saturated rings. The van der Waals surface area contributed by atoms with Crippen LogP contribution in [0.15, 0.2) is 66.7 Å². The Balaban J connectivity index is 1.48. The molecular formula is C31H35F3N2O5. The maximum Gasteiger partial charge on any atom is 0.416 e. The van der Waals surface area contributed by atoms with Gasteiger partial charge in [-0.15, -0.1) is 0 Å². The highest BCUT2D eigenvalue weighted by Gasteiger charge is 2.33. The maximum atomic E-state index is 13.3. The molecule has 220 valence electrons. The van der Waals surface area contributed by atoms with Gasteiger partial charge in [-0.05, 0) is 48.4 Å². The van der Waals surface area contributed by atoms with Gasteiger partial charge in [0.25, 0.3) is 0 Å². The molecule has 0 unspecified atom stereocenters. The number of likely N-dealkylation sites (tertiary alicyclic amines) is 1. The van der Waals surface area contributed by atoms with Crippen molar-refractivity contribution < 1.29 is 36.9 Å². The van der Waals surface area contributed by atoms with Crippen molar-refractivity contribution in [3.8, 4) is 23.0 Å². The van der Waals surface area contributed by atoms with Gasteiger partial charge < -0.3 is 24.3 Å². The number of para-hydroxylation sites is 1. The van der Waals surface area contributed by atoms with E-state index in [1.165, 1.54) is 12.1 Å². The number of hydrogen-bond donors (Lipinski definition) is 1. The van der Waals surface area contributed by atoms with E-state index in [-0.39, 0.29) is 30.1 Å². The number of halogens is 3. The molecule has 1 N–H and O–H groups in total. The molecule has 7 nitrogen and oxygen atoms in total. The number of ether oxygens (including phenoxy) is 4. The molecule has 10 heteroatoms. The highest BCUT2D eigenvalue weighted by Crippen LogP contribution is 2.33. The molecule has 2 atom stereocenters. The molecule has 4 rings (SSSR count). The Morgan fingerprint density at radius 1 is 0.902 bits per heavy atom. The lowest BCUT2D eigenvalue weighted by Crippen LogP contribution is -2.47. The second-order valence-corrected chi connectivity index (χ2v) is 10.0. The number of benzene rings is 3.